The molecule has 8 aromatic carbocycles. The zero-order valence-corrected chi connectivity index (χ0v) is 28.4. The van der Waals surface area contributed by atoms with Gasteiger partial charge in [-0.25, -0.2) is 0 Å². The molecule has 3 heteroatoms. The summed E-state index contributed by atoms with van der Waals surface area (Å²) in [6.45, 7) is 0. The van der Waals surface area contributed by atoms with Crippen LogP contribution in [0.5, 0.6) is 0 Å². The minimum absolute atomic E-state index is 1.17. The summed E-state index contributed by atoms with van der Waals surface area (Å²) in [4.78, 5) is 0. The summed E-state index contributed by atoms with van der Waals surface area (Å²) in [5, 5.41) is 7.68. The molecule has 0 spiro atoms. The van der Waals surface area contributed by atoms with Gasteiger partial charge in [0.2, 0.25) is 0 Å². The number of rotatable bonds is 4. The molecule has 0 aliphatic carbocycles. The van der Waals surface area contributed by atoms with E-state index in [0.29, 0.717) is 0 Å². The van der Waals surface area contributed by atoms with Crippen molar-refractivity contribution in [1.82, 2.24) is 9.13 Å². The molecule has 0 aliphatic rings. The summed E-state index contributed by atoms with van der Waals surface area (Å²) in [5.41, 5.74) is 12.1. The van der Waals surface area contributed by atoms with E-state index in [1.165, 1.54) is 97.4 Å². The van der Waals surface area contributed by atoms with Gasteiger partial charge in [-0.2, -0.15) is 0 Å². The smallest absolute Gasteiger partial charge is 0.0547 e. The fourth-order valence-corrected chi connectivity index (χ4v) is 9.41. The van der Waals surface area contributed by atoms with Crippen LogP contribution in [0.1, 0.15) is 0 Å². The molecule has 0 amide bonds. The first-order valence-corrected chi connectivity index (χ1v) is 18.3. The summed E-state index contributed by atoms with van der Waals surface area (Å²) >= 11 is 1.87. The topological polar surface area (TPSA) is 9.86 Å². The molecule has 3 heterocycles. The van der Waals surface area contributed by atoms with Crippen molar-refractivity contribution in [3.8, 4) is 33.6 Å². The Morgan fingerprint density at radius 3 is 1.82 bits per heavy atom. The molecule has 0 radical (unpaired) electrons. The van der Waals surface area contributed by atoms with E-state index in [4.69, 9.17) is 0 Å². The lowest BCUT2D eigenvalue weighted by molar-refractivity contribution is 1.18. The van der Waals surface area contributed by atoms with Gasteiger partial charge < -0.3 is 9.13 Å². The summed E-state index contributed by atoms with van der Waals surface area (Å²) in [7, 11) is 0. The highest BCUT2D eigenvalue weighted by atomic mass is 32.1. The van der Waals surface area contributed by atoms with Crippen LogP contribution < -0.4 is 0 Å². The molecule has 0 saturated carbocycles. The van der Waals surface area contributed by atoms with Crippen LogP contribution in [0.25, 0.3) is 97.4 Å². The quantitative estimate of drug-likeness (QED) is 0.177. The zero-order valence-electron chi connectivity index (χ0n) is 27.6. The van der Waals surface area contributed by atoms with Gasteiger partial charge in [0.25, 0.3) is 0 Å². The van der Waals surface area contributed by atoms with Crippen molar-refractivity contribution < 1.29 is 0 Å². The standard InChI is InChI=1S/C48H30N2S/c1-2-13-33(14-3-1)49-42-21-9-5-16-36(42)37-27-25-32(30-45(37)49)35-19-12-23-44-48(35)39-18-6-10-22-43(39)50(44)41-20-8-4-15-34(41)31-26-28-47-40(29-31)38-17-7-11-24-46(38)51-47/h1-30H. The second-order valence-corrected chi connectivity index (χ2v) is 14.4. The minimum atomic E-state index is 1.17. The third-order valence-electron chi connectivity index (χ3n) is 10.5. The number of hydrogen-bond donors (Lipinski definition) is 0. The van der Waals surface area contributed by atoms with Gasteiger partial charge in [0.15, 0.2) is 0 Å². The van der Waals surface area contributed by atoms with Crippen LogP contribution in [-0.4, -0.2) is 9.13 Å². The SMILES string of the molecule is c1ccc(-n2c3ccccc3c3ccc(-c4cccc5c4c4ccccc4n5-c4ccccc4-c4ccc5sc6ccccc6c5c4)cc32)cc1. The van der Waals surface area contributed by atoms with Gasteiger partial charge in [-0.3, -0.25) is 0 Å². The Bertz CT molecular complexity index is 3140. The van der Waals surface area contributed by atoms with Crippen LogP contribution >= 0.6 is 11.3 Å². The Kier molecular flexibility index (Phi) is 6.16. The van der Waals surface area contributed by atoms with E-state index >= 15 is 0 Å². The molecule has 11 rings (SSSR count). The van der Waals surface area contributed by atoms with Crippen molar-refractivity contribution in [3.05, 3.63) is 182 Å². The maximum atomic E-state index is 2.47. The van der Waals surface area contributed by atoms with E-state index in [-0.39, 0.29) is 0 Å². The first-order chi connectivity index (χ1) is 25.3. The molecule has 238 valence electrons. The van der Waals surface area contributed by atoms with Crippen molar-refractivity contribution in [2.24, 2.45) is 0 Å². The zero-order chi connectivity index (χ0) is 33.5. The van der Waals surface area contributed by atoms with Crippen LogP contribution in [0.4, 0.5) is 0 Å². The fraction of sp³-hybridized carbons (Fsp3) is 0. The average molecular weight is 667 g/mol. The Hall–Kier alpha value is -6.42. The second kappa shape index (κ2) is 11.0. The van der Waals surface area contributed by atoms with Crippen molar-refractivity contribution in [2.75, 3.05) is 0 Å². The maximum Gasteiger partial charge on any atom is 0.0547 e. The lowest BCUT2D eigenvalue weighted by atomic mass is 9.98. The maximum absolute atomic E-state index is 2.47. The molecule has 3 aromatic heterocycles. The van der Waals surface area contributed by atoms with E-state index in [2.05, 4.69) is 191 Å². The molecular formula is C48H30N2S. The summed E-state index contributed by atoms with van der Waals surface area (Å²) in [6, 6.07) is 66.7. The van der Waals surface area contributed by atoms with Gasteiger partial charge in [-0.05, 0) is 77.4 Å². The summed E-state index contributed by atoms with van der Waals surface area (Å²) in [6.07, 6.45) is 0. The van der Waals surface area contributed by atoms with Crippen molar-refractivity contribution in [1.29, 1.82) is 0 Å². The third-order valence-corrected chi connectivity index (χ3v) is 11.7. The number of benzene rings is 8. The number of hydrogen-bond acceptors (Lipinski definition) is 1. The molecule has 0 atom stereocenters. The highest BCUT2D eigenvalue weighted by Gasteiger charge is 2.20. The van der Waals surface area contributed by atoms with Crippen LogP contribution in [0.15, 0.2) is 182 Å². The number of fused-ring (bicyclic) bond motifs is 9. The van der Waals surface area contributed by atoms with E-state index in [1.807, 2.05) is 11.3 Å². The number of para-hydroxylation sites is 4. The van der Waals surface area contributed by atoms with Crippen LogP contribution in [0, 0.1) is 0 Å². The van der Waals surface area contributed by atoms with Crippen molar-refractivity contribution >= 4 is 75.1 Å². The molecule has 2 nitrogen and oxygen atoms in total. The minimum Gasteiger partial charge on any atom is -0.309 e. The Labute approximate surface area is 298 Å². The van der Waals surface area contributed by atoms with Crippen LogP contribution in [0.3, 0.4) is 0 Å². The molecule has 0 aliphatic heterocycles. The van der Waals surface area contributed by atoms with Crippen molar-refractivity contribution in [3.63, 3.8) is 0 Å². The molecule has 0 unspecified atom stereocenters. The van der Waals surface area contributed by atoms with Gasteiger partial charge in [-0.1, -0.05) is 121 Å². The van der Waals surface area contributed by atoms with Gasteiger partial charge in [0, 0.05) is 53.0 Å². The predicted octanol–water partition coefficient (Wildman–Crippen LogP) is 13.6. The van der Waals surface area contributed by atoms with Gasteiger partial charge in [0.05, 0.1) is 27.8 Å². The molecule has 51 heavy (non-hydrogen) atoms. The molecule has 0 fully saturated rings. The number of thiophene rings is 1. The Morgan fingerprint density at radius 1 is 0.333 bits per heavy atom. The van der Waals surface area contributed by atoms with Crippen LogP contribution in [-0.2, 0) is 0 Å². The summed E-state index contributed by atoms with van der Waals surface area (Å²) < 4.78 is 7.53. The molecule has 11 aromatic rings. The van der Waals surface area contributed by atoms with E-state index in [1.54, 1.807) is 0 Å². The highest BCUT2D eigenvalue weighted by Crippen LogP contribution is 2.43. The largest absolute Gasteiger partial charge is 0.309 e. The molecule has 0 N–H and O–H groups in total. The molecule has 0 bridgehead atoms. The lowest BCUT2D eigenvalue weighted by Gasteiger charge is -2.14. The fourth-order valence-electron chi connectivity index (χ4n) is 8.32. The highest BCUT2D eigenvalue weighted by molar-refractivity contribution is 7.25. The summed E-state index contributed by atoms with van der Waals surface area (Å²) in [5.74, 6) is 0. The van der Waals surface area contributed by atoms with Gasteiger partial charge in [-0.15, -0.1) is 11.3 Å². The van der Waals surface area contributed by atoms with E-state index < -0.39 is 0 Å². The Morgan fingerprint density at radius 2 is 0.941 bits per heavy atom. The first-order valence-electron chi connectivity index (χ1n) is 17.4. The monoisotopic (exact) mass is 666 g/mol. The number of aromatic nitrogens is 2. The van der Waals surface area contributed by atoms with Crippen molar-refractivity contribution in [2.45, 2.75) is 0 Å². The second-order valence-electron chi connectivity index (χ2n) is 13.3. The first kappa shape index (κ1) is 28.4. The third kappa shape index (κ3) is 4.22. The van der Waals surface area contributed by atoms with Gasteiger partial charge in [0.1, 0.15) is 0 Å². The van der Waals surface area contributed by atoms with Gasteiger partial charge >= 0.3 is 0 Å². The van der Waals surface area contributed by atoms with Crippen LogP contribution in [0.2, 0.25) is 0 Å². The predicted molar refractivity (Wildman–Crippen MR) is 219 cm³/mol. The average Bonchev–Trinajstić information content (AvgIpc) is 3.85. The molecule has 0 saturated heterocycles. The number of nitrogens with zero attached hydrogens (tertiary/aromatic N) is 2. The van der Waals surface area contributed by atoms with E-state index in [9.17, 15) is 0 Å². The normalized spacial score (nSPS) is 11.9. The van der Waals surface area contributed by atoms with E-state index in [0.717, 1.165) is 0 Å². The Balaban J connectivity index is 1.16. The lowest BCUT2D eigenvalue weighted by Crippen LogP contribution is -1.97. The molecular weight excluding hydrogens is 637 g/mol.